The minimum absolute atomic E-state index is 0. The molecular weight excluding hydrogens is 174 g/mol. The van der Waals surface area contributed by atoms with E-state index in [1.807, 2.05) is 18.2 Å². The molecular formula is C11H17N3. The largest absolute Gasteiger partial charge is 0.398 e. The van der Waals surface area contributed by atoms with Crippen LogP contribution in [0, 0.1) is 0 Å². The van der Waals surface area contributed by atoms with Gasteiger partial charge in [0.1, 0.15) is 0 Å². The summed E-state index contributed by atoms with van der Waals surface area (Å²) in [6.07, 6.45) is 3.36. The van der Waals surface area contributed by atoms with Crippen LogP contribution < -0.4 is 17.2 Å². The van der Waals surface area contributed by atoms with Gasteiger partial charge in [-0.05, 0) is 11.6 Å². The molecule has 0 unspecified atom stereocenters. The summed E-state index contributed by atoms with van der Waals surface area (Å²) in [5.41, 5.74) is 7.40. The van der Waals surface area contributed by atoms with Gasteiger partial charge in [0.25, 0.3) is 0 Å². The summed E-state index contributed by atoms with van der Waals surface area (Å²) in [6, 6.07) is 10.1. The molecule has 14 heavy (non-hydrogen) atoms. The van der Waals surface area contributed by atoms with E-state index in [0.717, 1.165) is 6.54 Å². The average Bonchev–Trinajstić information content (AvgIpc) is 2.19. The number of nitrogens with two attached hydrogens (primary N) is 1. The molecule has 0 atom stereocenters. The first-order valence-electron chi connectivity index (χ1n) is 4.18. The van der Waals surface area contributed by atoms with Crippen molar-refractivity contribution in [2.24, 2.45) is 5.73 Å². The quantitative estimate of drug-likeness (QED) is 0.637. The van der Waals surface area contributed by atoms with Crippen molar-refractivity contribution < 1.29 is 0 Å². The zero-order valence-corrected chi connectivity index (χ0v) is 8.24. The number of rotatable bonds is 4. The van der Waals surface area contributed by atoms with Crippen molar-refractivity contribution in [2.75, 3.05) is 0 Å². The SMILES string of the molecule is C=C/C(N)=C/NCc1ccccc1.N. The number of allylic oxidation sites excluding steroid dienone is 1. The third-order valence-electron chi connectivity index (χ3n) is 1.65. The summed E-state index contributed by atoms with van der Waals surface area (Å²) in [5.74, 6) is 0. The summed E-state index contributed by atoms with van der Waals surface area (Å²) >= 11 is 0. The fraction of sp³-hybridized carbons (Fsp3) is 0.0909. The monoisotopic (exact) mass is 191 g/mol. The van der Waals surface area contributed by atoms with Gasteiger partial charge in [-0.25, -0.2) is 0 Å². The predicted molar refractivity (Wildman–Crippen MR) is 60.8 cm³/mol. The first-order valence-corrected chi connectivity index (χ1v) is 4.18. The van der Waals surface area contributed by atoms with Crippen molar-refractivity contribution in [2.45, 2.75) is 6.54 Å². The summed E-state index contributed by atoms with van der Waals surface area (Å²) in [4.78, 5) is 0. The van der Waals surface area contributed by atoms with E-state index < -0.39 is 0 Å². The lowest BCUT2D eigenvalue weighted by molar-refractivity contribution is 0.862. The van der Waals surface area contributed by atoms with E-state index in [2.05, 4.69) is 24.0 Å². The Kier molecular flexibility index (Phi) is 5.90. The molecule has 0 aliphatic heterocycles. The summed E-state index contributed by atoms with van der Waals surface area (Å²) in [5, 5.41) is 3.09. The highest BCUT2D eigenvalue weighted by atomic mass is 14.8. The first kappa shape index (κ1) is 12.3. The number of nitrogens with one attached hydrogen (secondary N) is 1. The Labute approximate surface area is 84.9 Å². The zero-order valence-electron chi connectivity index (χ0n) is 8.24. The van der Waals surface area contributed by atoms with Gasteiger partial charge < -0.3 is 17.2 Å². The summed E-state index contributed by atoms with van der Waals surface area (Å²) in [7, 11) is 0. The highest BCUT2D eigenvalue weighted by molar-refractivity contribution is 5.16. The highest BCUT2D eigenvalue weighted by Gasteiger charge is 1.86. The minimum Gasteiger partial charge on any atom is -0.398 e. The molecule has 0 saturated carbocycles. The molecule has 3 nitrogen and oxygen atoms in total. The zero-order chi connectivity index (χ0) is 9.52. The maximum Gasteiger partial charge on any atom is 0.0467 e. The molecule has 0 saturated heterocycles. The smallest absolute Gasteiger partial charge is 0.0467 e. The number of hydrogen-bond donors (Lipinski definition) is 3. The molecule has 1 rings (SSSR count). The second kappa shape index (κ2) is 6.74. The van der Waals surface area contributed by atoms with E-state index in [1.165, 1.54) is 5.56 Å². The van der Waals surface area contributed by atoms with Crippen LogP contribution in [-0.4, -0.2) is 0 Å². The Balaban J connectivity index is 0.00000169. The molecule has 0 aliphatic rings. The van der Waals surface area contributed by atoms with Crippen LogP contribution in [0.25, 0.3) is 0 Å². The van der Waals surface area contributed by atoms with Gasteiger partial charge in [-0.2, -0.15) is 0 Å². The van der Waals surface area contributed by atoms with Crippen LogP contribution in [0.3, 0.4) is 0 Å². The summed E-state index contributed by atoms with van der Waals surface area (Å²) in [6.45, 7) is 4.34. The Bertz CT molecular complexity index is 291. The van der Waals surface area contributed by atoms with Crippen LogP contribution in [0.4, 0.5) is 0 Å². The van der Waals surface area contributed by atoms with E-state index in [-0.39, 0.29) is 6.15 Å². The van der Waals surface area contributed by atoms with Crippen molar-refractivity contribution in [1.82, 2.24) is 11.5 Å². The molecule has 0 aromatic heterocycles. The molecule has 0 spiro atoms. The van der Waals surface area contributed by atoms with Crippen molar-refractivity contribution in [1.29, 1.82) is 0 Å². The normalized spacial score (nSPS) is 10.1. The second-order valence-electron chi connectivity index (χ2n) is 2.71. The molecule has 0 bridgehead atoms. The van der Waals surface area contributed by atoms with Crippen LogP contribution in [-0.2, 0) is 6.54 Å². The lowest BCUT2D eigenvalue weighted by atomic mass is 10.2. The Morgan fingerprint density at radius 3 is 2.57 bits per heavy atom. The van der Waals surface area contributed by atoms with Crippen LogP contribution in [0.15, 0.2) is 54.9 Å². The Morgan fingerprint density at radius 1 is 1.36 bits per heavy atom. The molecule has 0 radical (unpaired) electrons. The fourth-order valence-corrected chi connectivity index (χ4v) is 0.942. The lowest BCUT2D eigenvalue weighted by Crippen LogP contribution is -2.08. The fourth-order valence-electron chi connectivity index (χ4n) is 0.942. The molecule has 0 fully saturated rings. The van der Waals surface area contributed by atoms with E-state index >= 15 is 0 Å². The Morgan fingerprint density at radius 2 is 2.00 bits per heavy atom. The topological polar surface area (TPSA) is 73.0 Å². The van der Waals surface area contributed by atoms with Crippen LogP contribution in [0.1, 0.15) is 5.56 Å². The Hall–Kier alpha value is -1.74. The predicted octanol–water partition coefficient (Wildman–Crippen LogP) is 1.92. The molecule has 0 aliphatic carbocycles. The van der Waals surface area contributed by atoms with Gasteiger partial charge in [-0.1, -0.05) is 36.9 Å². The van der Waals surface area contributed by atoms with E-state index in [4.69, 9.17) is 5.73 Å². The second-order valence-corrected chi connectivity index (χ2v) is 2.71. The maximum atomic E-state index is 5.52. The molecule has 0 amide bonds. The van der Waals surface area contributed by atoms with Crippen LogP contribution >= 0.6 is 0 Å². The van der Waals surface area contributed by atoms with E-state index in [9.17, 15) is 0 Å². The van der Waals surface area contributed by atoms with Crippen molar-refractivity contribution >= 4 is 0 Å². The number of benzene rings is 1. The molecule has 6 N–H and O–H groups in total. The third-order valence-corrected chi connectivity index (χ3v) is 1.65. The van der Waals surface area contributed by atoms with Gasteiger partial charge in [-0.15, -0.1) is 0 Å². The van der Waals surface area contributed by atoms with Crippen LogP contribution in [0.5, 0.6) is 0 Å². The summed E-state index contributed by atoms with van der Waals surface area (Å²) < 4.78 is 0. The molecule has 0 heterocycles. The van der Waals surface area contributed by atoms with Gasteiger partial charge in [0.15, 0.2) is 0 Å². The van der Waals surface area contributed by atoms with E-state index in [0.29, 0.717) is 5.70 Å². The van der Waals surface area contributed by atoms with Gasteiger partial charge in [0.2, 0.25) is 0 Å². The van der Waals surface area contributed by atoms with Crippen LogP contribution in [0.2, 0.25) is 0 Å². The number of hydrogen-bond acceptors (Lipinski definition) is 3. The van der Waals surface area contributed by atoms with Crippen molar-refractivity contribution in [3.8, 4) is 0 Å². The molecule has 1 aromatic carbocycles. The van der Waals surface area contributed by atoms with Crippen molar-refractivity contribution in [3.63, 3.8) is 0 Å². The molecule has 3 heteroatoms. The van der Waals surface area contributed by atoms with Crippen molar-refractivity contribution in [3.05, 3.63) is 60.4 Å². The van der Waals surface area contributed by atoms with Gasteiger partial charge in [0.05, 0.1) is 0 Å². The molecule has 1 aromatic rings. The van der Waals surface area contributed by atoms with E-state index in [1.54, 1.807) is 12.3 Å². The first-order chi connectivity index (χ1) is 6.33. The van der Waals surface area contributed by atoms with Gasteiger partial charge in [0, 0.05) is 18.4 Å². The highest BCUT2D eigenvalue weighted by Crippen LogP contribution is 1.97. The maximum absolute atomic E-state index is 5.52. The third kappa shape index (κ3) is 4.33. The van der Waals surface area contributed by atoms with Gasteiger partial charge in [-0.3, -0.25) is 0 Å². The lowest BCUT2D eigenvalue weighted by Gasteiger charge is -2.01. The average molecular weight is 191 g/mol. The molecule has 76 valence electrons. The standard InChI is InChI=1S/C11H14N2.H3N/c1-2-11(12)9-13-8-10-6-4-3-5-7-10;/h2-7,9,13H,1,8,12H2;1H3/b11-9-;. The minimum atomic E-state index is 0. The van der Waals surface area contributed by atoms with Gasteiger partial charge >= 0.3 is 0 Å².